The Hall–Kier alpha value is -0.120. The maximum Gasteiger partial charge on any atom is 0.0113 e. The highest BCUT2D eigenvalue weighted by Gasteiger charge is 2.31. The van der Waals surface area contributed by atoms with E-state index in [0.717, 1.165) is 12.6 Å². The van der Waals surface area contributed by atoms with Crippen LogP contribution in [0.25, 0.3) is 0 Å². The molecular formula is C18H37N3. The molecule has 1 aliphatic carbocycles. The van der Waals surface area contributed by atoms with E-state index < -0.39 is 0 Å². The van der Waals surface area contributed by atoms with E-state index in [1.165, 1.54) is 77.8 Å². The second kappa shape index (κ2) is 8.50. The molecule has 2 fully saturated rings. The summed E-state index contributed by atoms with van der Waals surface area (Å²) in [5.74, 6) is 0. The van der Waals surface area contributed by atoms with Crippen molar-refractivity contribution >= 4 is 0 Å². The average molecular weight is 296 g/mol. The van der Waals surface area contributed by atoms with E-state index >= 15 is 0 Å². The summed E-state index contributed by atoms with van der Waals surface area (Å²) in [6, 6.07) is 0.913. The minimum Gasteiger partial charge on any atom is -0.316 e. The third-order valence-corrected chi connectivity index (χ3v) is 6.06. The molecule has 1 saturated heterocycles. The Bertz CT molecular complexity index is 274. The zero-order valence-electron chi connectivity index (χ0n) is 14.7. The maximum absolute atomic E-state index is 3.60. The first kappa shape index (κ1) is 17.2. The molecule has 0 unspecified atom stereocenters. The van der Waals surface area contributed by atoms with E-state index in [0.29, 0.717) is 5.41 Å². The molecule has 1 saturated carbocycles. The van der Waals surface area contributed by atoms with Gasteiger partial charge in [0, 0.05) is 45.3 Å². The fourth-order valence-corrected chi connectivity index (χ4v) is 4.20. The Kier molecular flexibility index (Phi) is 6.97. The van der Waals surface area contributed by atoms with E-state index in [-0.39, 0.29) is 0 Å². The highest BCUT2D eigenvalue weighted by Crippen LogP contribution is 2.29. The van der Waals surface area contributed by atoms with E-state index in [2.05, 4.69) is 35.9 Å². The molecule has 0 bridgehead atoms. The molecule has 1 N–H and O–H groups in total. The number of piperazine rings is 1. The molecule has 0 aromatic carbocycles. The van der Waals surface area contributed by atoms with E-state index in [1.807, 2.05) is 0 Å². The quantitative estimate of drug-likeness (QED) is 0.743. The van der Waals surface area contributed by atoms with Crippen LogP contribution in [0, 0.1) is 5.41 Å². The second-order valence-electron chi connectivity index (χ2n) is 7.24. The monoisotopic (exact) mass is 295 g/mol. The van der Waals surface area contributed by atoms with Crippen LogP contribution in [-0.2, 0) is 0 Å². The van der Waals surface area contributed by atoms with Gasteiger partial charge in [-0.3, -0.25) is 4.90 Å². The van der Waals surface area contributed by atoms with Crippen molar-refractivity contribution < 1.29 is 0 Å². The van der Waals surface area contributed by atoms with Crippen LogP contribution < -0.4 is 5.32 Å². The van der Waals surface area contributed by atoms with Gasteiger partial charge in [-0.25, -0.2) is 0 Å². The third-order valence-electron chi connectivity index (χ3n) is 6.06. The van der Waals surface area contributed by atoms with Crippen LogP contribution in [0.4, 0.5) is 0 Å². The topological polar surface area (TPSA) is 18.5 Å². The van der Waals surface area contributed by atoms with Crippen LogP contribution in [0.15, 0.2) is 0 Å². The van der Waals surface area contributed by atoms with Gasteiger partial charge in [0.1, 0.15) is 0 Å². The molecule has 3 nitrogen and oxygen atoms in total. The molecule has 0 atom stereocenters. The number of rotatable bonds is 8. The van der Waals surface area contributed by atoms with Crippen LogP contribution >= 0.6 is 0 Å². The molecule has 2 rings (SSSR count). The summed E-state index contributed by atoms with van der Waals surface area (Å²) in [7, 11) is 0. The molecule has 124 valence electrons. The summed E-state index contributed by atoms with van der Waals surface area (Å²) in [4.78, 5) is 5.50. The van der Waals surface area contributed by atoms with Crippen LogP contribution in [0.1, 0.15) is 59.3 Å². The molecule has 3 heteroatoms. The number of nitrogens with zero attached hydrogens (tertiary/aromatic N) is 2. The molecule has 1 heterocycles. The maximum atomic E-state index is 3.60. The van der Waals surface area contributed by atoms with Crippen LogP contribution in [0.5, 0.6) is 0 Å². The Morgan fingerprint density at radius 3 is 2.10 bits per heavy atom. The molecule has 0 aromatic rings. The number of hydrogen-bond donors (Lipinski definition) is 1. The predicted octanol–water partition coefficient (Wildman–Crippen LogP) is 2.96. The van der Waals surface area contributed by atoms with Gasteiger partial charge < -0.3 is 10.2 Å². The first-order valence-corrected chi connectivity index (χ1v) is 9.40. The first-order chi connectivity index (χ1) is 10.2. The van der Waals surface area contributed by atoms with Gasteiger partial charge in [0.15, 0.2) is 0 Å². The van der Waals surface area contributed by atoms with Gasteiger partial charge in [0.05, 0.1) is 0 Å². The lowest BCUT2D eigenvalue weighted by atomic mass is 9.81. The lowest BCUT2D eigenvalue weighted by Crippen LogP contribution is -2.53. The van der Waals surface area contributed by atoms with Crippen LogP contribution in [-0.4, -0.2) is 61.7 Å². The Balaban J connectivity index is 1.80. The van der Waals surface area contributed by atoms with Gasteiger partial charge in [0.25, 0.3) is 0 Å². The fraction of sp³-hybridized carbons (Fsp3) is 1.00. The third kappa shape index (κ3) is 4.67. The summed E-state index contributed by atoms with van der Waals surface area (Å²) in [5.41, 5.74) is 0.478. The summed E-state index contributed by atoms with van der Waals surface area (Å²) in [6.07, 6.45) is 8.41. The summed E-state index contributed by atoms with van der Waals surface area (Å²) < 4.78 is 0. The van der Waals surface area contributed by atoms with Gasteiger partial charge in [-0.05, 0) is 37.6 Å². The first-order valence-electron chi connectivity index (χ1n) is 9.40. The lowest BCUT2D eigenvalue weighted by molar-refractivity contribution is 0.0600. The highest BCUT2D eigenvalue weighted by molar-refractivity contribution is 4.87. The zero-order chi connectivity index (χ0) is 15.1. The van der Waals surface area contributed by atoms with Gasteiger partial charge in [-0.1, -0.05) is 33.6 Å². The molecule has 1 aliphatic heterocycles. The highest BCUT2D eigenvalue weighted by atomic mass is 15.3. The van der Waals surface area contributed by atoms with Crippen LogP contribution in [0.2, 0.25) is 0 Å². The van der Waals surface area contributed by atoms with Gasteiger partial charge in [-0.15, -0.1) is 0 Å². The van der Waals surface area contributed by atoms with Crippen molar-refractivity contribution in [3.05, 3.63) is 0 Å². The van der Waals surface area contributed by atoms with Crippen molar-refractivity contribution in [1.82, 2.24) is 15.1 Å². The molecule has 0 aromatic heterocycles. The van der Waals surface area contributed by atoms with Gasteiger partial charge >= 0.3 is 0 Å². The van der Waals surface area contributed by atoms with E-state index in [9.17, 15) is 0 Å². The second-order valence-corrected chi connectivity index (χ2v) is 7.24. The summed E-state index contributed by atoms with van der Waals surface area (Å²) in [5, 5.41) is 3.60. The normalized spacial score (nSPS) is 23.0. The SMILES string of the molecule is CCNCC(CC)(CC)CN1CCN(C2CCCC2)CC1. The van der Waals surface area contributed by atoms with Crippen LogP contribution in [0.3, 0.4) is 0 Å². The minimum absolute atomic E-state index is 0.478. The zero-order valence-corrected chi connectivity index (χ0v) is 14.7. The van der Waals surface area contributed by atoms with Crippen molar-refractivity contribution in [2.45, 2.75) is 65.3 Å². The van der Waals surface area contributed by atoms with Crippen molar-refractivity contribution in [2.24, 2.45) is 5.41 Å². The average Bonchev–Trinajstić information content (AvgIpc) is 3.06. The summed E-state index contributed by atoms with van der Waals surface area (Å²) >= 11 is 0. The van der Waals surface area contributed by atoms with Gasteiger partial charge in [0.2, 0.25) is 0 Å². The largest absolute Gasteiger partial charge is 0.316 e. The Morgan fingerprint density at radius 1 is 0.952 bits per heavy atom. The smallest absolute Gasteiger partial charge is 0.0113 e. The molecule has 21 heavy (non-hydrogen) atoms. The number of nitrogens with one attached hydrogen (secondary N) is 1. The van der Waals surface area contributed by atoms with Crippen molar-refractivity contribution in [3.8, 4) is 0 Å². The minimum atomic E-state index is 0.478. The van der Waals surface area contributed by atoms with E-state index in [4.69, 9.17) is 0 Å². The number of hydrogen-bond acceptors (Lipinski definition) is 3. The fourth-order valence-electron chi connectivity index (χ4n) is 4.20. The standard InChI is InChI=1S/C18H37N3/c1-4-18(5-2,15-19-6-3)16-20-11-13-21(14-12-20)17-9-7-8-10-17/h17,19H,4-16H2,1-3H3. The van der Waals surface area contributed by atoms with Crippen molar-refractivity contribution in [2.75, 3.05) is 45.8 Å². The Labute approximate surface area is 132 Å². The van der Waals surface area contributed by atoms with Gasteiger partial charge in [-0.2, -0.15) is 0 Å². The molecule has 0 spiro atoms. The van der Waals surface area contributed by atoms with E-state index in [1.54, 1.807) is 0 Å². The predicted molar refractivity (Wildman–Crippen MR) is 91.8 cm³/mol. The molecule has 2 aliphatic rings. The lowest BCUT2D eigenvalue weighted by Gasteiger charge is -2.43. The molecule has 0 amide bonds. The van der Waals surface area contributed by atoms with Crippen molar-refractivity contribution in [1.29, 1.82) is 0 Å². The Morgan fingerprint density at radius 2 is 1.57 bits per heavy atom. The molecule has 0 radical (unpaired) electrons. The van der Waals surface area contributed by atoms with Crippen molar-refractivity contribution in [3.63, 3.8) is 0 Å². The molecular weight excluding hydrogens is 258 g/mol. The summed E-state index contributed by atoms with van der Waals surface area (Å²) in [6.45, 7) is 15.7.